The molecule has 2 aromatic heterocycles. The van der Waals surface area contributed by atoms with E-state index in [1.165, 1.54) is 0 Å². The molecule has 0 aliphatic heterocycles. The Morgan fingerprint density at radius 1 is 1.17 bits per heavy atom. The summed E-state index contributed by atoms with van der Waals surface area (Å²) in [6, 6.07) is 10.3. The lowest BCUT2D eigenvalue weighted by Crippen LogP contribution is -2.13. The average molecular weight is 339 g/mol. The highest BCUT2D eigenvalue weighted by molar-refractivity contribution is 7.16. The number of aromatic nitrogens is 2. The van der Waals surface area contributed by atoms with Crippen molar-refractivity contribution in [1.29, 1.82) is 0 Å². The molecule has 0 unspecified atom stereocenters. The lowest BCUT2D eigenvalue weighted by molar-refractivity contribution is 0.403. The zero-order valence-electron chi connectivity index (χ0n) is 13.9. The van der Waals surface area contributed by atoms with Crippen molar-refractivity contribution in [2.24, 2.45) is 4.99 Å². The molecule has 2 N–H and O–H groups in total. The summed E-state index contributed by atoms with van der Waals surface area (Å²) in [7, 11) is 4.15. The molecule has 0 amide bonds. The predicted molar refractivity (Wildman–Crippen MR) is 103 cm³/mol. The first-order valence-electron chi connectivity index (χ1n) is 7.89. The summed E-state index contributed by atoms with van der Waals surface area (Å²) in [6.07, 6.45) is 2.99. The van der Waals surface area contributed by atoms with E-state index < -0.39 is 0 Å². The molecule has 2 heterocycles. The van der Waals surface area contributed by atoms with Gasteiger partial charge in [-0.05, 0) is 44.1 Å². The van der Waals surface area contributed by atoms with E-state index in [0.29, 0.717) is 5.95 Å². The highest BCUT2D eigenvalue weighted by Gasteiger charge is 2.09. The summed E-state index contributed by atoms with van der Waals surface area (Å²) in [5.74, 6) is 0.312. The molecule has 0 saturated heterocycles. The molecule has 124 valence electrons. The summed E-state index contributed by atoms with van der Waals surface area (Å²) in [5, 5.41) is 3.05. The molecule has 5 nitrogen and oxygen atoms in total. The van der Waals surface area contributed by atoms with Gasteiger partial charge in [0.2, 0.25) is 5.95 Å². The standard InChI is InChI=1S/C18H21N5S/c1-23(2)10-3-9-20-12-13-4-6-14(7-5-13)16-15-8-11-24-17(15)22-18(19)21-16/h4-8,11-12H,3,9-10H2,1-2H3,(H2,19,21,22). The molecule has 6 heteroatoms. The fourth-order valence-electron chi connectivity index (χ4n) is 2.47. The predicted octanol–water partition coefficient (Wildman–Crippen LogP) is 3.31. The first-order chi connectivity index (χ1) is 11.6. The molecular formula is C18H21N5S. The summed E-state index contributed by atoms with van der Waals surface area (Å²) in [6.45, 7) is 1.90. The van der Waals surface area contributed by atoms with Crippen molar-refractivity contribution in [1.82, 2.24) is 14.9 Å². The first-order valence-corrected chi connectivity index (χ1v) is 8.77. The number of benzene rings is 1. The second-order valence-electron chi connectivity index (χ2n) is 5.88. The fourth-order valence-corrected chi connectivity index (χ4v) is 3.24. The Bertz CT molecular complexity index is 836. The van der Waals surface area contributed by atoms with Crippen LogP contribution in [-0.4, -0.2) is 48.3 Å². The number of hydrogen-bond donors (Lipinski definition) is 1. The number of nitrogen functional groups attached to an aromatic ring is 1. The van der Waals surface area contributed by atoms with Crippen LogP contribution in [0.2, 0.25) is 0 Å². The van der Waals surface area contributed by atoms with Crippen molar-refractivity contribution < 1.29 is 0 Å². The Hall–Kier alpha value is -2.31. The number of fused-ring (bicyclic) bond motifs is 1. The molecule has 0 saturated carbocycles. The Morgan fingerprint density at radius 2 is 1.96 bits per heavy atom. The summed E-state index contributed by atoms with van der Waals surface area (Å²) < 4.78 is 0. The third kappa shape index (κ3) is 3.96. The number of nitrogens with zero attached hydrogens (tertiary/aromatic N) is 4. The van der Waals surface area contributed by atoms with Crippen molar-refractivity contribution in [3.63, 3.8) is 0 Å². The van der Waals surface area contributed by atoms with E-state index >= 15 is 0 Å². The molecule has 0 atom stereocenters. The number of anilines is 1. The van der Waals surface area contributed by atoms with Crippen molar-refractivity contribution in [2.45, 2.75) is 6.42 Å². The van der Waals surface area contributed by atoms with E-state index in [0.717, 1.165) is 46.5 Å². The zero-order valence-corrected chi connectivity index (χ0v) is 14.8. The maximum atomic E-state index is 5.83. The molecule has 3 rings (SSSR count). The fraction of sp³-hybridized carbons (Fsp3) is 0.278. The van der Waals surface area contributed by atoms with E-state index in [1.807, 2.05) is 17.7 Å². The Balaban J connectivity index is 1.74. The van der Waals surface area contributed by atoms with Gasteiger partial charge in [0.15, 0.2) is 0 Å². The van der Waals surface area contributed by atoms with Crippen molar-refractivity contribution in [3.8, 4) is 11.3 Å². The minimum atomic E-state index is 0.312. The van der Waals surface area contributed by atoms with Gasteiger partial charge >= 0.3 is 0 Å². The van der Waals surface area contributed by atoms with Gasteiger partial charge in [0.1, 0.15) is 4.83 Å². The van der Waals surface area contributed by atoms with Gasteiger partial charge in [-0.15, -0.1) is 11.3 Å². The van der Waals surface area contributed by atoms with Gasteiger partial charge in [0.25, 0.3) is 0 Å². The maximum Gasteiger partial charge on any atom is 0.221 e. The van der Waals surface area contributed by atoms with E-state index in [4.69, 9.17) is 5.73 Å². The molecular weight excluding hydrogens is 318 g/mol. The van der Waals surface area contributed by atoms with Crippen LogP contribution >= 0.6 is 11.3 Å². The minimum Gasteiger partial charge on any atom is -0.368 e. The van der Waals surface area contributed by atoms with E-state index in [-0.39, 0.29) is 0 Å². The number of rotatable bonds is 6. The van der Waals surface area contributed by atoms with Crippen molar-refractivity contribution in [2.75, 3.05) is 32.9 Å². The van der Waals surface area contributed by atoms with Gasteiger partial charge in [0, 0.05) is 23.7 Å². The largest absolute Gasteiger partial charge is 0.368 e. The number of aliphatic imine (C=N–C) groups is 1. The van der Waals surface area contributed by atoms with Crippen LogP contribution in [0.3, 0.4) is 0 Å². The summed E-state index contributed by atoms with van der Waals surface area (Å²) in [4.78, 5) is 16.2. The number of nitrogens with two attached hydrogens (primary N) is 1. The topological polar surface area (TPSA) is 67.4 Å². The molecule has 0 radical (unpaired) electrons. The summed E-state index contributed by atoms with van der Waals surface area (Å²) in [5.41, 5.74) is 8.84. The highest BCUT2D eigenvalue weighted by Crippen LogP contribution is 2.29. The lowest BCUT2D eigenvalue weighted by atomic mass is 10.1. The van der Waals surface area contributed by atoms with Crippen LogP contribution in [0.1, 0.15) is 12.0 Å². The lowest BCUT2D eigenvalue weighted by Gasteiger charge is -2.06. The van der Waals surface area contributed by atoms with E-state index in [1.54, 1.807) is 11.3 Å². The molecule has 0 fully saturated rings. The highest BCUT2D eigenvalue weighted by atomic mass is 32.1. The van der Waals surface area contributed by atoms with E-state index in [9.17, 15) is 0 Å². The van der Waals surface area contributed by atoms with Gasteiger partial charge < -0.3 is 10.6 Å². The third-order valence-electron chi connectivity index (χ3n) is 3.66. The van der Waals surface area contributed by atoms with Crippen LogP contribution in [0.5, 0.6) is 0 Å². The van der Waals surface area contributed by atoms with Crippen LogP contribution in [0.4, 0.5) is 5.95 Å². The quantitative estimate of drug-likeness (QED) is 0.553. The van der Waals surface area contributed by atoms with Crippen molar-refractivity contribution >= 4 is 33.7 Å². The van der Waals surface area contributed by atoms with Crippen LogP contribution in [-0.2, 0) is 0 Å². The molecule has 3 aromatic rings. The molecule has 1 aromatic carbocycles. The van der Waals surface area contributed by atoms with E-state index in [2.05, 4.69) is 58.2 Å². The van der Waals surface area contributed by atoms with Gasteiger partial charge in [-0.3, -0.25) is 4.99 Å². The zero-order chi connectivity index (χ0) is 16.9. The van der Waals surface area contributed by atoms with Gasteiger partial charge in [-0.2, -0.15) is 0 Å². The molecule has 0 bridgehead atoms. The normalized spacial score (nSPS) is 11.8. The summed E-state index contributed by atoms with van der Waals surface area (Å²) >= 11 is 1.58. The molecule has 0 spiro atoms. The second-order valence-corrected chi connectivity index (χ2v) is 6.78. The van der Waals surface area contributed by atoms with Crippen LogP contribution in [0, 0.1) is 0 Å². The number of thiophene rings is 1. The SMILES string of the molecule is CN(C)CCCN=Cc1ccc(-c2nc(N)nc3sccc23)cc1. The van der Waals surface area contributed by atoms with Gasteiger partial charge in [0.05, 0.1) is 5.69 Å². The average Bonchev–Trinajstić information content (AvgIpc) is 3.02. The van der Waals surface area contributed by atoms with Crippen molar-refractivity contribution in [3.05, 3.63) is 41.3 Å². The third-order valence-corrected chi connectivity index (χ3v) is 4.47. The first kappa shape index (κ1) is 16.5. The maximum absolute atomic E-state index is 5.83. The monoisotopic (exact) mass is 339 g/mol. The molecule has 24 heavy (non-hydrogen) atoms. The van der Waals surface area contributed by atoms with Gasteiger partial charge in [-0.25, -0.2) is 9.97 Å². The Labute approximate surface area is 145 Å². The van der Waals surface area contributed by atoms with Crippen LogP contribution < -0.4 is 5.73 Å². The smallest absolute Gasteiger partial charge is 0.221 e. The molecule has 0 aliphatic rings. The molecule has 0 aliphatic carbocycles. The second kappa shape index (κ2) is 7.51. The van der Waals surface area contributed by atoms with Gasteiger partial charge in [-0.1, -0.05) is 24.3 Å². The van der Waals surface area contributed by atoms with Crippen LogP contribution in [0.25, 0.3) is 21.5 Å². The number of hydrogen-bond acceptors (Lipinski definition) is 6. The Kier molecular flexibility index (Phi) is 5.17. The minimum absolute atomic E-state index is 0.312. The van der Waals surface area contributed by atoms with Crippen LogP contribution in [0.15, 0.2) is 40.7 Å². The Morgan fingerprint density at radius 3 is 2.71 bits per heavy atom.